The summed E-state index contributed by atoms with van der Waals surface area (Å²) in [5, 5.41) is 3.39. The molecule has 0 saturated heterocycles. The number of anilines is 2. The topological polar surface area (TPSA) is 67.1 Å². The Balaban J connectivity index is 1.93. The van der Waals surface area contributed by atoms with Crippen molar-refractivity contribution in [2.24, 2.45) is 0 Å². The largest absolute Gasteiger partial charge is 0.383 e. The molecule has 1 fully saturated rings. The maximum absolute atomic E-state index is 5.94. The van der Waals surface area contributed by atoms with Crippen LogP contribution in [0.1, 0.15) is 37.6 Å². The van der Waals surface area contributed by atoms with E-state index in [1.165, 1.54) is 12.8 Å². The van der Waals surface area contributed by atoms with Crippen molar-refractivity contribution in [3.05, 3.63) is 11.4 Å². The minimum absolute atomic E-state index is 0.594. The first kappa shape index (κ1) is 14.1. The fourth-order valence-corrected chi connectivity index (χ4v) is 2.14. The minimum atomic E-state index is 0.594. The Kier molecular flexibility index (Phi) is 4.58. The van der Waals surface area contributed by atoms with Crippen molar-refractivity contribution in [2.45, 2.75) is 45.6 Å². The van der Waals surface area contributed by atoms with Gasteiger partial charge in [0.25, 0.3) is 0 Å². The minimum Gasteiger partial charge on any atom is -0.383 e. The fraction of sp³-hybridized carbons (Fsp3) is 0.714. The highest BCUT2D eigenvalue weighted by atomic mass is 15.2. The summed E-state index contributed by atoms with van der Waals surface area (Å²) in [7, 11) is 2.18. The number of nitrogen functional groups attached to an aromatic ring is 1. The van der Waals surface area contributed by atoms with Gasteiger partial charge in [0, 0.05) is 31.1 Å². The van der Waals surface area contributed by atoms with E-state index < -0.39 is 0 Å². The third-order valence-corrected chi connectivity index (χ3v) is 3.63. The SMILES string of the molecule is CCCc1nc(N)c(C)c(NCCN(C)C2CC2)n1. The highest BCUT2D eigenvalue weighted by Crippen LogP contribution is 2.25. The number of nitrogens with two attached hydrogens (primary N) is 1. The van der Waals surface area contributed by atoms with Gasteiger partial charge in [-0.25, -0.2) is 9.97 Å². The van der Waals surface area contributed by atoms with Gasteiger partial charge in [0.1, 0.15) is 17.5 Å². The summed E-state index contributed by atoms with van der Waals surface area (Å²) < 4.78 is 0. The maximum Gasteiger partial charge on any atom is 0.134 e. The Bertz CT molecular complexity index is 428. The van der Waals surface area contributed by atoms with Crippen LogP contribution in [-0.4, -0.2) is 41.0 Å². The van der Waals surface area contributed by atoms with Gasteiger partial charge in [0.15, 0.2) is 0 Å². The van der Waals surface area contributed by atoms with Gasteiger partial charge in [-0.15, -0.1) is 0 Å². The highest BCUT2D eigenvalue weighted by Gasteiger charge is 2.25. The van der Waals surface area contributed by atoms with Crippen molar-refractivity contribution < 1.29 is 0 Å². The predicted octanol–water partition coefficient (Wildman–Crippen LogP) is 1.83. The number of hydrogen-bond acceptors (Lipinski definition) is 5. The third-order valence-electron chi connectivity index (χ3n) is 3.63. The van der Waals surface area contributed by atoms with E-state index in [-0.39, 0.29) is 0 Å². The van der Waals surface area contributed by atoms with Gasteiger partial charge < -0.3 is 16.0 Å². The normalized spacial score (nSPS) is 14.9. The predicted molar refractivity (Wildman–Crippen MR) is 79.3 cm³/mol. The number of hydrogen-bond donors (Lipinski definition) is 2. The number of rotatable bonds is 7. The molecule has 0 unspecified atom stereocenters. The Morgan fingerprint density at radius 3 is 2.74 bits per heavy atom. The number of nitrogens with one attached hydrogen (secondary N) is 1. The van der Waals surface area contributed by atoms with Crippen molar-refractivity contribution >= 4 is 11.6 Å². The second-order valence-corrected chi connectivity index (χ2v) is 5.39. The summed E-state index contributed by atoms with van der Waals surface area (Å²) in [4.78, 5) is 11.3. The molecule has 1 aromatic rings. The Hall–Kier alpha value is -1.36. The van der Waals surface area contributed by atoms with Gasteiger partial charge in [0.2, 0.25) is 0 Å². The van der Waals surface area contributed by atoms with Crippen molar-refractivity contribution in [3.8, 4) is 0 Å². The number of nitrogens with zero attached hydrogens (tertiary/aromatic N) is 3. The van der Waals surface area contributed by atoms with Crippen LogP contribution in [0.3, 0.4) is 0 Å². The van der Waals surface area contributed by atoms with Crippen LogP contribution in [0.15, 0.2) is 0 Å². The molecule has 1 aliphatic carbocycles. The second-order valence-electron chi connectivity index (χ2n) is 5.39. The maximum atomic E-state index is 5.94. The summed E-state index contributed by atoms with van der Waals surface area (Å²) in [5.41, 5.74) is 6.89. The van der Waals surface area contributed by atoms with Crippen LogP contribution < -0.4 is 11.1 Å². The molecule has 0 aliphatic heterocycles. The van der Waals surface area contributed by atoms with Crippen LogP contribution in [0.25, 0.3) is 0 Å². The fourth-order valence-electron chi connectivity index (χ4n) is 2.14. The van der Waals surface area contributed by atoms with E-state index in [0.29, 0.717) is 5.82 Å². The second kappa shape index (κ2) is 6.19. The van der Waals surface area contributed by atoms with E-state index in [1.54, 1.807) is 0 Å². The molecular weight excluding hydrogens is 238 g/mol. The van der Waals surface area contributed by atoms with Crippen molar-refractivity contribution in [1.29, 1.82) is 0 Å². The van der Waals surface area contributed by atoms with Gasteiger partial charge in [-0.1, -0.05) is 6.92 Å². The smallest absolute Gasteiger partial charge is 0.134 e. The van der Waals surface area contributed by atoms with Crippen LogP contribution in [0.5, 0.6) is 0 Å². The molecule has 1 saturated carbocycles. The molecule has 0 atom stereocenters. The van der Waals surface area contributed by atoms with Crippen LogP contribution >= 0.6 is 0 Å². The van der Waals surface area contributed by atoms with E-state index in [0.717, 1.165) is 49.2 Å². The quantitative estimate of drug-likeness (QED) is 0.785. The molecule has 0 spiro atoms. The van der Waals surface area contributed by atoms with E-state index in [4.69, 9.17) is 5.73 Å². The first-order valence-corrected chi connectivity index (χ1v) is 7.19. The molecule has 1 aromatic heterocycles. The molecule has 0 radical (unpaired) electrons. The zero-order valence-corrected chi connectivity index (χ0v) is 12.2. The lowest BCUT2D eigenvalue weighted by molar-refractivity contribution is 0.337. The molecule has 1 aliphatic rings. The van der Waals surface area contributed by atoms with Gasteiger partial charge in [-0.3, -0.25) is 0 Å². The molecule has 0 bridgehead atoms. The van der Waals surface area contributed by atoms with Crippen molar-refractivity contribution in [3.63, 3.8) is 0 Å². The average Bonchev–Trinajstić information content (AvgIpc) is 3.19. The van der Waals surface area contributed by atoms with Gasteiger partial charge >= 0.3 is 0 Å². The molecule has 106 valence electrons. The van der Waals surface area contributed by atoms with Crippen molar-refractivity contribution in [1.82, 2.24) is 14.9 Å². The van der Waals surface area contributed by atoms with Crippen LogP contribution in [0.2, 0.25) is 0 Å². The Labute approximate surface area is 115 Å². The highest BCUT2D eigenvalue weighted by molar-refractivity contribution is 5.54. The summed E-state index contributed by atoms with van der Waals surface area (Å²) in [6, 6.07) is 0.800. The monoisotopic (exact) mass is 263 g/mol. The van der Waals surface area contributed by atoms with Gasteiger partial charge in [-0.05, 0) is 33.2 Å². The average molecular weight is 263 g/mol. The van der Waals surface area contributed by atoms with Crippen LogP contribution in [-0.2, 0) is 6.42 Å². The van der Waals surface area contributed by atoms with Crippen LogP contribution in [0, 0.1) is 6.92 Å². The lowest BCUT2D eigenvalue weighted by atomic mass is 10.2. The Morgan fingerprint density at radius 2 is 2.11 bits per heavy atom. The molecular formula is C14H25N5. The van der Waals surface area contributed by atoms with E-state index >= 15 is 0 Å². The Morgan fingerprint density at radius 1 is 1.37 bits per heavy atom. The number of likely N-dealkylation sites (N-methyl/N-ethyl adjacent to an activating group) is 1. The molecule has 5 nitrogen and oxygen atoms in total. The summed E-state index contributed by atoms with van der Waals surface area (Å²) >= 11 is 0. The molecule has 3 N–H and O–H groups in total. The summed E-state index contributed by atoms with van der Waals surface area (Å²) in [6.07, 6.45) is 4.60. The van der Waals surface area contributed by atoms with E-state index in [1.807, 2.05) is 6.92 Å². The lowest BCUT2D eigenvalue weighted by Crippen LogP contribution is -2.27. The summed E-state index contributed by atoms with van der Waals surface area (Å²) in [5.74, 6) is 2.32. The molecule has 5 heteroatoms. The molecule has 0 aromatic carbocycles. The molecule has 19 heavy (non-hydrogen) atoms. The van der Waals surface area contributed by atoms with Crippen LogP contribution in [0.4, 0.5) is 11.6 Å². The van der Waals surface area contributed by atoms with E-state index in [2.05, 4.69) is 34.2 Å². The third kappa shape index (κ3) is 3.80. The molecule has 2 rings (SSSR count). The van der Waals surface area contributed by atoms with Crippen molar-refractivity contribution in [2.75, 3.05) is 31.2 Å². The standard InChI is InChI=1S/C14H25N5/c1-4-5-12-17-13(15)10(2)14(18-12)16-8-9-19(3)11-6-7-11/h11H,4-9H2,1-3H3,(H3,15,16,17,18). The zero-order chi connectivity index (χ0) is 13.8. The lowest BCUT2D eigenvalue weighted by Gasteiger charge is -2.17. The first-order chi connectivity index (χ1) is 9.11. The van der Waals surface area contributed by atoms with Gasteiger partial charge in [-0.2, -0.15) is 0 Å². The number of aromatic nitrogens is 2. The zero-order valence-electron chi connectivity index (χ0n) is 12.2. The van der Waals surface area contributed by atoms with E-state index in [9.17, 15) is 0 Å². The molecule has 1 heterocycles. The van der Waals surface area contributed by atoms with Gasteiger partial charge in [0.05, 0.1) is 0 Å². The first-order valence-electron chi connectivity index (χ1n) is 7.19. The summed E-state index contributed by atoms with van der Waals surface area (Å²) in [6.45, 7) is 6.03. The number of aryl methyl sites for hydroxylation is 1. The molecule has 0 amide bonds.